The van der Waals surface area contributed by atoms with Crippen molar-refractivity contribution >= 4 is 11.7 Å². The lowest BCUT2D eigenvalue weighted by Crippen LogP contribution is -2.04. The third-order valence-electron chi connectivity index (χ3n) is 2.73. The summed E-state index contributed by atoms with van der Waals surface area (Å²) in [5.41, 5.74) is 0.859. The number of furan rings is 1. The summed E-state index contributed by atoms with van der Waals surface area (Å²) in [4.78, 5) is 10.7. The van der Waals surface area contributed by atoms with Gasteiger partial charge in [-0.3, -0.25) is 0 Å². The largest absolute Gasteiger partial charge is 0.491 e. The molecule has 0 unspecified atom stereocenters. The van der Waals surface area contributed by atoms with Crippen LogP contribution in [0.25, 0.3) is 0 Å². The summed E-state index contributed by atoms with van der Waals surface area (Å²) in [5, 5.41) is 11.9. The molecular weight excluding hydrogens is 274 g/mol. The highest BCUT2D eigenvalue weighted by atomic mass is 16.5. The van der Waals surface area contributed by atoms with Gasteiger partial charge in [0.05, 0.1) is 13.2 Å². The Bertz CT molecular complexity index is 593. The number of carboxylic acids is 1. The summed E-state index contributed by atoms with van der Waals surface area (Å²) in [5.74, 6) is 0.152. The SMILES string of the molecule is COCCOc1cccc(NCc2ccc(C(=O)O)o2)c1. The highest BCUT2D eigenvalue weighted by molar-refractivity contribution is 5.84. The van der Waals surface area contributed by atoms with Crippen LogP contribution in [0.2, 0.25) is 0 Å². The first-order valence-corrected chi connectivity index (χ1v) is 6.46. The smallest absolute Gasteiger partial charge is 0.371 e. The van der Waals surface area contributed by atoms with Gasteiger partial charge < -0.3 is 24.3 Å². The van der Waals surface area contributed by atoms with Crippen LogP contribution in [0.4, 0.5) is 5.69 Å². The van der Waals surface area contributed by atoms with Gasteiger partial charge in [0.15, 0.2) is 0 Å². The van der Waals surface area contributed by atoms with Crippen LogP contribution in [-0.4, -0.2) is 31.4 Å². The molecule has 1 aromatic heterocycles. The number of hydrogen-bond acceptors (Lipinski definition) is 5. The molecule has 1 heterocycles. The van der Waals surface area contributed by atoms with E-state index in [1.807, 2.05) is 24.3 Å². The molecule has 21 heavy (non-hydrogen) atoms. The van der Waals surface area contributed by atoms with Gasteiger partial charge >= 0.3 is 5.97 Å². The van der Waals surface area contributed by atoms with Gasteiger partial charge in [-0.15, -0.1) is 0 Å². The van der Waals surface area contributed by atoms with Crippen LogP contribution in [0.3, 0.4) is 0 Å². The molecule has 6 nitrogen and oxygen atoms in total. The highest BCUT2D eigenvalue weighted by Crippen LogP contribution is 2.18. The number of rotatable bonds is 8. The Balaban J connectivity index is 1.90. The van der Waals surface area contributed by atoms with Gasteiger partial charge in [0, 0.05) is 18.9 Å². The number of methoxy groups -OCH3 is 1. The molecule has 0 bridgehead atoms. The average Bonchev–Trinajstić information content (AvgIpc) is 2.95. The Kier molecular flexibility index (Phi) is 5.22. The third-order valence-corrected chi connectivity index (χ3v) is 2.73. The molecule has 112 valence electrons. The second kappa shape index (κ2) is 7.35. The first-order valence-electron chi connectivity index (χ1n) is 6.46. The molecule has 0 saturated heterocycles. The van der Waals surface area contributed by atoms with E-state index >= 15 is 0 Å². The second-order valence-corrected chi connectivity index (χ2v) is 4.29. The average molecular weight is 291 g/mol. The molecule has 0 aliphatic rings. The number of benzene rings is 1. The van der Waals surface area contributed by atoms with Crippen molar-refractivity contribution in [3.63, 3.8) is 0 Å². The Hall–Kier alpha value is -2.47. The van der Waals surface area contributed by atoms with Crippen LogP contribution < -0.4 is 10.1 Å². The summed E-state index contributed by atoms with van der Waals surface area (Å²) in [6, 6.07) is 10.5. The van der Waals surface area contributed by atoms with E-state index in [-0.39, 0.29) is 5.76 Å². The normalized spacial score (nSPS) is 10.3. The van der Waals surface area contributed by atoms with Crippen molar-refractivity contribution in [3.05, 3.63) is 47.9 Å². The van der Waals surface area contributed by atoms with Crippen molar-refractivity contribution in [3.8, 4) is 5.75 Å². The zero-order chi connectivity index (χ0) is 15.1. The quantitative estimate of drug-likeness (QED) is 0.728. The van der Waals surface area contributed by atoms with E-state index in [1.165, 1.54) is 6.07 Å². The van der Waals surface area contributed by atoms with Crippen LogP contribution in [0.1, 0.15) is 16.3 Å². The summed E-state index contributed by atoms with van der Waals surface area (Å²) in [7, 11) is 1.62. The van der Waals surface area contributed by atoms with E-state index in [1.54, 1.807) is 13.2 Å². The maximum atomic E-state index is 10.7. The lowest BCUT2D eigenvalue weighted by Gasteiger charge is -2.08. The number of ether oxygens (including phenoxy) is 2. The maximum Gasteiger partial charge on any atom is 0.371 e. The molecule has 1 aromatic carbocycles. The van der Waals surface area contributed by atoms with Gasteiger partial charge in [-0.2, -0.15) is 0 Å². The van der Waals surface area contributed by atoms with E-state index in [0.717, 1.165) is 11.4 Å². The van der Waals surface area contributed by atoms with Crippen LogP contribution in [0, 0.1) is 0 Å². The fourth-order valence-electron chi connectivity index (χ4n) is 1.72. The van der Waals surface area contributed by atoms with Crippen LogP contribution >= 0.6 is 0 Å². The van der Waals surface area contributed by atoms with Gasteiger partial charge in [0.25, 0.3) is 0 Å². The van der Waals surface area contributed by atoms with Crippen molar-refractivity contribution < 1.29 is 23.8 Å². The minimum Gasteiger partial charge on any atom is -0.491 e. The van der Waals surface area contributed by atoms with E-state index < -0.39 is 5.97 Å². The predicted molar refractivity (Wildman–Crippen MR) is 76.8 cm³/mol. The van der Waals surface area contributed by atoms with Crippen LogP contribution in [0.5, 0.6) is 5.75 Å². The molecule has 0 aliphatic carbocycles. The lowest BCUT2D eigenvalue weighted by atomic mass is 10.3. The predicted octanol–water partition coefficient (Wildman–Crippen LogP) is 2.62. The first kappa shape index (κ1) is 14.9. The summed E-state index contributed by atoms with van der Waals surface area (Å²) >= 11 is 0. The number of carboxylic acid groups (broad SMARTS) is 1. The standard InChI is InChI=1S/C15H17NO5/c1-19-7-8-20-12-4-2-3-11(9-12)16-10-13-5-6-14(21-13)15(17)18/h2-6,9,16H,7-8,10H2,1H3,(H,17,18). The van der Waals surface area contributed by atoms with Crippen molar-refractivity contribution in [1.82, 2.24) is 0 Å². The Morgan fingerprint density at radius 2 is 2.14 bits per heavy atom. The van der Waals surface area contributed by atoms with Gasteiger partial charge in [-0.1, -0.05) is 6.07 Å². The number of aromatic carboxylic acids is 1. The van der Waals surface area contributed by atoms with Crippen molar-refractivity contribution in [1.29, 1.82) is 0 Å². The lowest BCUT2D eigenvalue weighted by molar-refractivity contribution is 0.0660. The van der Waals surface area contributed by atoms with Crippen LogP contribution in [-0.2, 0) is 11.3 Å². The first-order chi connectivity index (χ1) is 10.2. The summed E-state index contributed by atoms with van der Waals surface area (Å²) in [6.45, 7) is 1.41. The minimum absolute atomic E-state index is 0.0663. The summed E-state index contributed by atoms with van der Waals surface area (Å²) in [6.07, 6.45) is 0. The molecule has 2 N–H and O–H groups in total. The highest BCUT2D eigenvalue weighted by Gasteiger charge is 2.08. The van der Waals surface area contributed by atoms with Gasteiger partial charge in [-0.25, -0.2) is 4.79 Å². The van der Waals surface area contributed by atoms with Crippen molar-refractivity contribution in [2.24, 2.45) is 0 Å². The summed E-state index contributed by atoms with van der Waals surface area (Å²) < 4.78 is 15.6. The number of nitrogens with one attached hydrogen (secondary N) is 1. The maximum absolute atomic E-state index is 10.7. The van der Waals surface area contributed by atoms with Gasteiger partial charge in [0.2, 0.25) is 5.76 Å². The van der Waals surface area contributed by atoms with E-state index in [4.69, 9.17) is 19.0 Å². The van der Waals surface area contributed by atoms with Gasteiger partial charge in [-0.05, 0) is 24.3 Å². The second-order valence-electron chi connectivity index (χ2n) is 4.29. The molecule has 2 rings (SSSR count). The van der Waals surface area contributed by atoms with E-state index in [9.17, 15) is 4.79 Å². The molecule has 0 aliphatic heterocycles. The monoisotopic (exact) mass is 291 g/mol. The Labute approximate surface area is 122 Å². The molecule has 2 aromatic rings. The Morgan fingerprint density at radius 1 is 1.29 bits per heavy atom. The van der Waals surface area contributed by atoms with Gasteiger partial charge in [0.1, 0.15) is 18.1 Å². The molecule has 0 amide bonds. The fraction of sp³-hybridized carbons (Fsp3) is 0.267. The minimum atomic E-state index is -1.07. The number of anilines is 1. The van der Waals surface area contributed by atoms with Crippen molar-refractivity contribution in [2.75, 3.05) is 25.6 Å². The van der Waals surface area contributed by atoms with E-state index in [2.05, 4.69) is 5.32 Å². The topological polar surface area (TPSA) is 80.9 Å². The Morgan fingerprint density at radius 3 is 2.86 bits per heavy atom. The zero-order valence-electron chi connectivity index (χ0n) is 11.7. The van der Waals surface area contributed by atoms with Crippen molar-refractivity contribution in [2.45, 2.75) is 6.54 Å². The molecule has 0 fully saturated rings. The third kappa shape index (κ3) is 4.54. The fourth-order valence-corrected chi connectivity index (χ4v) is 1.72. The zero-order valence-corrected chi connectivity index (χ0v) is 11.7. The molecule has 0 atom stereocenters. The molecule has 0 saturated carbocycles. The van der Waals surface area contributed by atoms with Crippen LogP contribution in [0.15, 0.2) is 40.8 Å². The van der Waals surface area contributed by atoms with E-state index in [0.29, 0.717) is 25.5 Å². The molecule has 0 radical (unpaired) electrons. The molecule has 6 heteroatoms. The molecule has 0 spiro atoms. The number of carbonyl (C=O) groups is 1. The molecular formula is C15H17NO5. The number of hydrogen-bond donors (Lipinski definition) is 2.